The fraction of sp³-hybridized carbons (Fsp3) is 0.263. The molecule has 8 heteroatoms. The summed E-state index contributed by atoms with van der Waals surface area (Å²) in [6.45, 7) is 0.105. The molecule has 0 spiro atoms. The predicted molar refractivity (Wildman–Crippen MR) is 98.2 cm³/mol. The van der Waals surface area contributed by atoms with Crippen LogP contribution < -0.4 is 29.1 Å². The highest BCUT2D eigenvalue weighted by atomic mass is 16.6. The van der Waals surface area contributed by atoms with Gasteiger partial charge < -0.3 is 23.7 Å². The lowest BCUT2D eigenvalue weighted by atomic mass is 10.2. The molecule has 2 aromatic carbocycles. The molecule has 142 valence electrons. The smallest absolute Gasteiger partial charge is 0.284 e. The number of nitrogens with zero attached hydrogens (tertiary/aromatic N) is 1. The molecule has 0 unspecified atom stereocenters. The van der Waals surface area contributed by atoms with E-state index in [9.17, 15) is 4.79 Å². The van der Waals surface area contributed by atoms with Gasteiger partial charge in [-0.05, 0) is 12.1 Å². The van der Waals surface area contributed by atoms with Gasteiger partial charge in [0.1, 0.15) is 23.9 Å². The monoisotopic (exact) mass is 372 g/mol. The van der Waals surface area contributed by atoms with E-state index in [0.717, 1.165) is 0 Å². The van der Waals surface area contributed by atoms with Gasteiger partial charge in [-0.2, -0.15) is 5.10 Å². The molecule has 3 rings (SSSR count). The maximum absolute atomic E-state index is 12.3. The Hall–Kier alpha value is -3.42. The van der Waals surface area contributed by atoms with Crippen LogP contribution in [0.25, 0.3) is 0 Å². The van der Waals surface area contributed by atoms with E-state index in [-0.39, 0.29) is 6.61 Å². The van der Waals surface area contributed by atoms with Crippen LogP contribution in [0, 0.1) is 0 Å². The number of fused-ring (bicyclic) bond motifs is 1. The van der Waals surface area contributed by atoms with Crippen LogP contribution in [0.15, 0.2) is 41.5 Å². The fourth-order valence-corrected chi connectivity index (χ4v) is 2.54. The minimum absolute atomic E-state index is 0.105. The van der Waals surface area contributed by atoms with Crippen molar-refractivity contribution >= 4 is 12.1 Å². The minimum atomic E-state index is -0.795. The van der Waals surface area contributed by atoms with Gasteiger partial charge in [0.15, 0.2) is 11.5 Å². The first-order chi connectivity index (χ1) is 13.2. The Bertz CT molecular complexity index is 827. The number of methoxy groups -OCH3 is 3. The molecule has 0 radical (unpaired) electrons. The number of carbonyl (C=O) groups excluding carboxylic acids is 1. The van der Waals surface area contributed by atoms with Gasteiger partial charge in [0.25, 0.3) is 5.91 Å². The molecule has 1 aliphatic rings. The average molecular weight is 372 g/mol. The van der Waals surface area contributed by atoms with Gasteiger partial charge in [-0.25, -0.2) is 5.43 Å². The topological polar surface area (TPSA) is 87.6 Å². The molecule has 2 aromatic rings. The SMILES string of the molecule is COc1cc(OC)c(/C=N\NC(=O)[C@H]2COc3ccccc3O2)c(OC)c1. The standard InChI is InChI=1S/C19H20N2O6/c1-23-12-8-16(24-2)13(17(9-12)25-3)10-20-21-19(22)18-11-26-14-6-4-5-7-15(14)27-18/h4-10,18H,11H2,1-3H3,(H,21,22)/b20-10-/t18-/m1/s1. The molecule has 1 heterocycles. The van der Waals surface area contributed by atoms with Crippen molar-refractivity contribution in [3.05, 3.63) is 42.0 Å². The van der Waals surface area contributed by atoms with Gasteiger partial charge in [-0.3, -0.25) is 4.79 Å². The van der Waals surface area contributed by atoms with E-state index >= 15 is 0 Å². The van der Waals surface area contributed by atoms with Crippen LogP contribution in [-0.4, -0.2) is 46.2 Å². The number of carbonyl (C=O) groups is 1. The molecule has 8 nitrogen and oxygen atoms in total. The summed E-state index contributed by atoms with van der Waals surface area (Å²) in [7, 11) is 4.59. The van der Waals surface area contributed by atoms with Crippen molar-refractivity contribution in [2.45, 2.75) is 6.10 Å². The Kier molecular flexibility index (Phi) is 5.65. The van der Waals surface area contributed by atoms with E-state index in [4.69, 9.17) is 23.7 Å². The minimum Gasteiger partial charge on any atom is -0.496 e. The third kappa shape index (κ3) is 4.05. The first kappa shape index (κ1) is 18.4. The van der Waals surface area contributed by atoms with Crippen LogP contribution in [0.2, 0.25) is 0 Å². The van der Waals surface area contributed by atoms with Gasteiger partial charge in [0.05, 0.1) is 33.1 Å². The van der Waals surface area contributed by atoms with Crippen LogP contribution in [0.5, 0.6) is 28.7 Å². The molecule has 0 aliphatic carbocycles. The summed E-state index contributed by atoms with van der Waals surface area (Å²) in [6, 6.07) is 10.6. The normalized spacial score (nSPS) is 15.3. The molecular weight excluding hydrogens is 352 g/mol. The largest absolute Gasteiger partial charge is 0.496 e. The van der Waals surface area contributed by atoms with Gasteiger partial charge in [0, 0.05) is 12.1 Å². The third-order valence-electron chi connectivity index (χ3n) is 3.92. The number of ether oxygens (including phenoxy) is 5. The molecule has 0 aromatic heterocycles. The molecule has 0 saturated carbocycles. The van der Waals surface area contributed by atoms with Gasteiger partial charge in [-0.15, -0.1) is 0 Å². The van der Waals surface area contributed by atoms with Crippen molar-refractivity contribution in [3.63, 3.8) is 0 Å². The molecule has 1 aliphatic heterocycles. The van der Waals surface area contributed by atoms with E-state index in [1.54, 1.807) is 31.4 Å². The van der Waals surface area contributed by atoms with E-state index in [0.29, 0.717) is 34.3 Å². The van der Waals surface area contributed by atoms with Crippen LogP contribution in [0.4, 0.5) is 0 Å². The lowest BCUT2D eigenvalue weighted by molar-refractivity contribution is -0.130. The summed E-state index contributed by atoms with van der Waals surface area (Å²) >= 11 is 0. The lowest BCUT2D eigenvalue weighted by Gasteiger charge is -2.24. The number of rotatable bonds is 6. The first-order valence-corrected chi connectivity index (χ1v) is 8.17. The van der Waals surface area contributed by atoms with E-state index in [2.05, 4.69) is 10.5 Å². The summed E-state index contributed by atoms with van der Waals surface area (Å²) in [5.41, 5.74) is 3.01. The van der Waals surface area contributed by atoms with Crippen molar-refractivity contribution in [1.29, 1.82) is 0 Å². The van der Waals surface area contributed by atoms with Crippen LogP contribution >= 0.6 is 0 Å². The zero-order valence-electron chi connectivity index (χ0n) is 15.2. The van der Waals surface area contributed by atoms with Crippen LogP contribution in [0.3, 0.4) is 0 Å². The zero-order valence-corrected chi connectivity index (χ0v) is 15.2. The zero-order chi connectivity index (χ0) is 19.2. The van der Waals surface area contributed by atoms with Crippen molar-refractivity contribution < 1.29 is 28.5 Å². The molecule has 1 amide bonds. The van der Waals surface area contributed by atoms with Gasteiger partial charge in [0.2, 0.25) is 6.10 Å². The van der Waals surface area contributed by atoms with Crippen molar-refractivity contribution in [3.8, 4) is 28.7 Å². The number of hydrazone groups is 1. The van der Waals surface area contributed by atoms with Crippen molar-refractivity contribution in [2.75, 3.05) is 27.9 Å². The number of hydrogen-bond acceptors (Lipinski definition) is 7. The second-order valence-electron chi connectivity index (χ2n) is 5.54. The fourth-order valence-electron chi connectivity index (χ4n) is 2.54. The Morgan fingerprint density at radius 2 is 1.78 bits per heavy atom. The van der Waals surface area contributed by atoms with Gasteiger partial charge in [-0.1, -0.05) is 12.1 Å². The number of nitrogens with one attached hydrogen (secondary N) is 1. The second-order valence-corrected chi connectivity index (χ2v) is 5.54. The Balaban J connectivity index is 1.70. The van der Waals surface area contributed by atoms with E-state index < -0.39 is 12.0 Å². The highest BCUT2D eigenvalue weighted by molar-refractivity contribution is 5.89. The summed E-state index contributed by atoms with van der Waals surface area (Å²) in [4.78, 5) is 12.3. The molecule has 0 bridgehead atoms. The van der Waals surface area contributed by atoms with Crippen molar-refractivity contribution in [2.24, 2.45) is 5.10 Å². The van der Waals surface area contributed by atoms with E-state index in [1.807, 2.05) is 12.1 Å². The second kappa shape index (κ2) is 8.31. The Morgan fingerprint density at radius 1 is 1.11 bits per heavy atom. The third-order valence-corrected chi connectivity index (χ3v) is 3.92. The lowest BCUT2D eigenvalue weighted by Crippen LogP contribution is -2.42. The molecule has 1 N–H and O–H groups in total. The number of hydrogen-bond donors (Lipinski definition) is 1. The highest BCUT2D eigenvalue weighted by Crippen LogP contribution is 2.33. The Morgan fingerprint density at radius 3 is 2.41 bits per heavy atom. The van der Waals surface area contributed by atoms with Gasteiger partial charge >= 0.3 is 0 Å². The first-order valence-electron chi connectivity index (χ1n) is 8.17. The highest BCUT2D eigenvalue weighted by Gasteiger charge is 2.27. The molecule has 0 saturated heterocycles. The van der Waals surface area contributed by atoms with Crippen LogP contribution in [-0.2, 0) is 4.79 Å². The average Bonchev–Trinajstić information content (AvgIpc) is 2.72. The number of amides is 1. The number of para-hydroxylation sites is 2. The summed E-state index contributed by atoms with van der Waals surface area (Å²) < 4.78 is 27.0. The molecule has 1 atom stereocenters. The summed E-state index contributed by atoms with van der Waals surface area (Å²) in [5, 5.41) is 3.98. The summed E-state index contributed by atoms with van der Waals surface area (Å²) in [5.74, 6) is 2.28. The predicted octanol–water partition coefficient (Wildman–Crippen LogP) is 2.00. The van der Waals surface area contributed by atoms with E-state index in [1.165, 1.54) is 20.4 Å². The molecule has 0 fully saturated rings. The molecule has 27 heavy (non-hydrogen) atoms. The summed E-state index contributed by atoms with van der Waals surface area (Å²) in [6.07, 6.45) is 0.642. The Labute approximate surface area is 156 Å². The molecular formula is C19H20N2O6. The number of benzene rings is 2. The van der Waals surface area contributed by atoms with Crippen LogP contribution in [0.1, 0.15) is 5.56 Å². The maximum Gasteiger partial charge on any atom is 0.284 e. The maximum atomic E-state index is 12.3. The van der Waals surface area contributed by atoms with Crippen molar-refractivity contribution in [1.82, 2.24) is 5.43 Å². The quantitative estimate of drug-likeness (QED) is 0.616.